The maximum absolute atomic E-state index is 13.1. The third kappa shape index (κ3) is 4.29. The molecule has 1 aliphatic heterocycles. The summed E-state index contributed by atoms with van der Waals surface area (Å²) >= 11 is 6.71. The van der Waals surface area contributed by atoms with Gasteiger partial charge in [0.05, 0.1) is 43.0 Å². The Kier molecular flexibility index (Phi) is 7.36. The Hall–Kier alpha value is -3.42. The first-order valence-electron chi connectivity index (χ1n) is 9.40. The van der Waals surface area contributed by atoms with Gasteiger partial charge in [-0.3, -0.25) is 9.69 Å². The van der Waals surface area contributed by atoms with Crippen LogP contribution in [-0.2, 0) is 19.1 Å². The van der Waals surface area contributed by atoms with Crippen molar-refractivity contribution in [2.24, 2.45) is 5.73 Å². The quantitative estimate of drug-likeness (QED) is 0.421. The molecule has 2 aromatic carbocycles. The summed E-state index contributed by atoms with van der Waals surface area (Å²) in [4.78, 5) is 39.2. The molecule has 0 saturated heterocycles. The van der Waals surface area contributed by atoms with Gasteiger partial charge in [0.2, 0.25) is 0 Å². The van der Waals surface area contributed by atoms with E-state index in [0.717, 1.165) is 14.2 Å². The number of anilines is 1. The Labute approximate surface area is 206 Å². The zero-order valence-electron chi connectivity index (χ0n) is 17.5. The summed E-state index contributed by atoms with van der Waals surface area (Å²) in [5.74, 6) is -2.88. The third-order valence-corrected chi connectivity index (χ3v) is 6.08. The lowest BCUT2D eigenvalue weighted by molar-refractivity contribution is -0.139. The first kappa shape index (κ1) is 24.2. The molecule has 1 unspecified atom stereocenters. The summed E-state index contributed by atoms with van der Waals surface area (Å²) in [5, 5.41) is 10.1. The van der Waals surface area contributed by atoms with Crippen LogP contribution in [0.25, 0.3) is 0 Å². The highest BCUT2D eigenvalue weighted by molar-refractivity contribution is 9.11. The van der Waals surface area contributed by atoms with Crippen molar-refractivity contribution in [1.29, 1.82) is 5.26 Å². The van der Waals surface area contributed by atoms with Crippen molar-refractivity contribution in [3.8, 4) is 6.07 Å². The number of nitriles is 1. The van der Waals surface area contributed by atoms with Gasteiger partial charge in [-0.05, 0) is 33.6 Å². The van der Waals surface area contributed by atoms with Gasteiger partial charge in [0.15, 0.2) is 6.29 Å². The first-order valence-corrected chi connectivity index (χ1v) is 11.0. The van der Waals surface area contributed by atoms with Crippen LogP contribution in [0.4, 0.5) is 5.69 Å². The van der Waals surface area contributed by atoms with Crippen LogP contribution in [0.2, 0.25) is 0 Å². The lowest BCUT2D eigenvalue weighted by Gasteiger charge is -2.36. The van der Waals surface area contributed by atoms with Crippen molar-refractivity contribution in [2.45, 2.75) is 5.92 Å². The number of benzene rings is 2. The monoisotopic (exact) mass is 573 g/mol. The SMILES string of the molecule is COC(=O)C1=C(C(=O)OC)N(c2c(Br)cc(Br)cc2C=O)C(N)=C(C#N)C1c1ccccc1. The van der Waals surface area contributed by atoms with Crippen LogP contribution in [0.15, 0.2) is 74.1 Å². The summed E-state index contributed by atoms with van der Waals surface area (Å²) in [6, 6.07) is 13.9. The number of carbonyl (C=O) groups is 3. The summed E-state index contributed by atoms with van der Waals surface area (Å²) < 4.78 is 10.9. The molecule has 1 heterocycles. The van der Waals surface area contributed by atoms with E-state index in [4.69, 9.17) is 15.2 Å². The second-order valence-electron chi connectivity index (χ2n) is 6.78. The van der Waals surface area contributed by atoms with Crippen molar-refractivity contribution in [2.75, 3.05) is 19.1 Å². The molecule has 0 saturated carbocycles. The predicted octanol–water partition coefficient (Wildman–Crippen LogP) is 3.92. The highest BCUT2D eigenvalue weighted by atomic mass is 79.9. The van der Waals surface area contributed by atoms with Crippen molar-refractivity contribution in [3.05, 3.63) is 85.2 Å². The number of esters is 2. The Morgan fingerprint density at radius 1 is 1.12 bits per heavy atom. The number of hydrogen-bond acceptors (Lipinski definition) is 8. The van der Waals surface area contributed by atoms with Crippen molar-refractivity contribution in [1.82, 2.24) is 0 Å². The molecule has 0 amide bonds. The fourth-order valence-corrected chi connectivity index (χ4v) is 5.09. The number of carbonyl (C=O) groups excluding carboxylic acids is 3. The minimum Gasteiger partial charge on any atom is -0.466 e. The summed E-state index contributed by atoms with van der Waals surface area (Å²) in [7, 11) is 2.31. The fourth-order valence-electron chi connectivity index (χ4n) is 3.66. The van der Waals surface area contributed by atoms with E-state index in [-0.39, 0.29) is 33.9 Å². The van der Waals surface area contributed by atoms with Gasteiger partial charge in [0.25, 0.3) is 0 Å². The topological polar surface area (TPSA) is 123 Å². The molecular weight excluding hydrogens is 558 g/mol. The van der Waals surface area contributed by atoms with Crippen LogP contribution in [0, 0.1) is 11.3 Å². The average molecular weight is 575 g/mol. The number of aldehydes is 1. The van der Waals surface area contributed by atoms with Crippen LogP contribution in [-0.4, -0.2) is 32.4 Å². The van der Waals surface area contributed by atoms with E-state index in [9.17, 15) is 19.6 Å². The zero-order chi connectivity index (χ0) is 24.3. The van der Waals surface area contributed by atoms with Gasteiger partial charge in [-0.15, -0.1) is 0 Å². The molecule has 0 bridgehead atoms. The Bertz CT molecular complexity index is 1250. The van der Waals surface area contributed by atoms with E-state index in [1.807, 2.05) is 0 Å². The molecule has 2 N–H and O–H groups in total. The number of nitrogens with two attached hydrogens (primary N) is 1. The molecule has 2 aromatic rings. The highest BCUT2D eigenvalue weighted by Gasteiger charge is 2.43. The van der Waals surface area contributed by atoms with Gasteiger partial charge in [0, 0.05) is 14.5 Å². The Morgan fingerprint density at radius 2 is 1.76 bits per heavy atom. The molecule has 0 spiro atoms. The molecular formula is C23H17Br2N3O5. The van der Waals surface area contributed by atoms with E-state index >= 15 is 0 Å². The average Bonchev–Trinajstić information content (AvgIpc) is 2.82. The lowest BCUT2D eigenvalue weighted by Crippen LogP contribution is -2.41. The number of halogens is 2. The largest absolute Gasteiger partial charge is 0.466 e. The summed E-state index contributed by atoms with van der Waals surface area (Å²) in [5.41, 5.74) is 6.89. The summed E-state index contributed by atoms with van der Waals surface area (Å²) in [6.45, 7) is 0. The molecule has 168 valence electrons. The molecule has 1 atom stereocenters. The van der Waals surface area contributed by atoms with Gasteiger partial charge in [0.1, 0.15) is 11.5 Å². The number of rotatable bonds is 5. The molecule has 0 radical (unpaired) electrons. The van der Waals surface area contributed by atoms with Crippen LogP contribution in [0.5, 0.6) is 0 Å². The fraction of sp³-hybridized carbons (Fsp3) is 0.130. The second-order valence-corrected chi connectivity index (χ2v) is 8.55. The maximum Gasteiger partial charge on any atom is 0.355 e. The number of ether oxygens (including phenoxy) is 2. The van der Waals surface area contributed by atoms with E-state index in [2.05, 4.69) is 37.9 Å². The number of allylic oxidation sites excluding steroid dienone is 1. The number of hydrogen-bond donors (Lipinski definition) is 1. The Balaban J connectivity index is 2.50. The van der Waals surface area contributed by atoms with Gasteiger partial charge < -0.3 is 15.2 Å². The molecule has 33 heavy (non-hydrogen) atoms. The zero-order valence-corrected chi connectivity index (χ0v) is 20.6. The standard InChI is InChI=1S/C23H17Br2N3O5/c1-32-22(30)18-17(12-6-4-3-5-7-12)15(10-26)21(27)28(20(18)23(31)33-2)19-13(11-29)8-14(24)9-16(19)25/h3-9,11,17H,27H2,1-2H3. The van der Waals surface area contributed by atoms with Crippen molar-refractivity contribution in [3.63, 3.8) is 0 Å². The molecule has 8 nitrogen and oxygen atoms in total. The Morgan fingerprint density at radius 3 is 2.30 bits per heavy atom. The summed E-state index contributed by atoms with van der Waals surface area (Å²) in [6.07, 6.45) is 0.570. The molecule has 3 rings (SSSR count). The molecule has 1 aliphatic rings. The third-order valence-electron chi connectivity index (χ3n) is 5.02. The van der Waals surface area contributed by atoms with Gasteiger partial charge in [-0.2, -0.15) is 5.26 Å². The molecule has 0 aliphatic carbocycles. The van der Waals surface area contributed by atoms with Crippen LogP contribution in [0.3, 0.4) is 0 Å². The van der Waals surface area contributed by atoms with Crippen LogP contribution < -0.4 is 10.6 Å². The van der Waals surface area contributed by atoms with E-state index < -0.39 is 17.9 Å². The highest BCUT2D eigenvalue weighted by Crippen LogP contribution is 2.46. The van der Waals surface area contributed by atoms with E-state index in [1.54, 1.807) is 36.4 Å². The molecule has 0 aromatic heterocycles. The minimum atomic E-state index is -0.997. The number of nitrogens with zero attached hydrogens (tertiary/aromatic N) is 2. The molecule has 0 fully saturated rings. The van der Waals surface area contributed by atoms with Crippen LogP contribution in [0.1, 0.15) is 21.8 Å². The van der Waals surface area contributed by atoms with Crippen molar-refractivity contribution >= 4 is 55.8 Å². The smallest absolute Gasteiger partial charge is 0.355 e. The van der Waals surface area contributed by atoms with Crippen LogP contribution >= 0.6 is 31.9 Å². The second kappa shape index (κ2) is 10.0. The van der Waals surface area contributed by atoms with Gasteiger partial charge in [-0.25, -0.2) is 9.59 Å². The predicted molar refractivity (Wildman–Crippen MR) is 127 cm³/mol. The van der Waals surface area contributed by atoms with E-state index in [0.29, 0.717) is 20.8 Å². The number of methoxy groups -OCH3 is 2. The maximum atomic E-state index is 13.1. The van der Waals surface area contributed by atoms with E-state index in [1.165, 1.54) is 11.0 Å². The molecule has 10 heteroatoms. The lowest BCUT2D eigenvalue weighted by atomic mass is 9.80. The first-order chi connectivity index (χ1) is 15.8. The van der Waals surface area contributed by atoms with Gasteiger partial charge in [-0.1, -0.05) is 46.3 Å². The van der Waals surface area contributed by atoms with Crippen molar-refractivity contribution < 1.29 is 23.9 Å². The minimum absolute atomic E-state index is 0.000853. The normalized spacial score (nSPS) is 15.7. The van der Waals surface area contributed by atoms with Gasteiger partial charge >= 0.3 is 11.9 Å².